The smallest absolute Gasteiger partial charge is 0.153 e. The molecule has 0 saturated carbocycles. The van der Waals surface area contributed by atoms with Gasteiger partial charge in [0.25, 0.3) is 0 Å². The fraction of sp³-hybridized carbons (Fsp3) is 0.364. The highest BCUT2D eigenvalue weighted by Gasteiger charge is 2.03. The van der Waals surface area contributed by atoms with E-state index in [1.807, 2.05) is 32.3 Å². The monoisotopic (exact) mass is 193 g/mol. The van der Waals surface area contributed by atoms with Crippen LogP contribution in [-0.4, -0.2) is 32.4 Å². The van der Waals surface area contributed by atoms with Crippen LogP contribution in [-0.2, 0) is 6.54 Å². The van der Waals surface area contributed by atoms with Crippen LogP contribution in [0.25, 0.3) is 0 Å². The minimum absolute atomic E-state index is 0.604. The second-order valence-electron chi connectivity index (χ2n) is 3.43. The van der Waals surface area contributed by atoms with Crippen molar-refractivity contribution in [3.8, 4) is 5.75 Å². The molecule has 3 nitrogen and oxygen atoms in total. The van der Waals surface area contributed by atoms with Crippen LogP contribution in [0.3, 0.4) is 0 Å². The van der Waals surface area contributed by atoms with Gasteiger partial charge in [0.05, 0.1) is 12.7 Å². The SMILES string of the molecule is COc1ccc(CN(C)C)cc1C=O. The van der Waals surface area contributed by atoms with E-state index in [2.05, 4.69) is 4.90 Å². The van der Waals surface area contributed by atoms with Gasteiger partial charge in [-0.1, -0.05) is 6.07 Å². The summed E-state index contributed by atoms with van der Waals surface area (Å²) >= 11 is 0. The second-order valence-corrected chi connectivity index (χ2v) is 3.43. The van der Waals surface area contributed by atoms with Crippen molar-refractivity contribution in [2.45, 2.75) is 6.54 Å². The third-order valence-electron chi connectivity index (χ3n) is 1.92. The summed E-state index contributed by atoms with van der Waals surface area (Å²) in [5, 5.41) is 0. The summed E-state index contributed by atoms with van der Waals surface area (Å²) in [5.41, 5.74) is 1.71. The van der Waals surface area contributed by atoms with Crippen molar-refractivity contribution < 1.29 is 9.53 Å². The zero-order valence-electron chi connectivity index (χ0n) is 8.78. The maximum atomic E-state index is 10.7. The van der Waals surface area contributed by atoms with Crippen LogP contribution >= 0.6 is 0 Å². The highest BCUT2D eigenvalue weighted by atomic mass is 16.5. The van der Waals surface area contributed by atoms with Crippen molar-refractivity contribution in [2.75, 3.05) is 21.2 Å². The lowest BCUT2D eigenvalue weighted by atomic mass is 10.1. The number of hydrogen-bond donors (Lipinski definition) is 0. The summed E-state index contributed by atoms with van der Waals surface area (Å²) in [5.74, 6) is 0.627. The molecule has 0 aromatic heterocycles. The Morgan fingerprint density at radius 1 is 1.43 bits per heavy atom. The molecule has 1 aromatic rings. The molecule has 0 amide bonds. The van der Waals surface area contributed by atoms with E-state index in [9.17, 15) is 4.79 Å². The molecule has 0 atom stereocenters. The Balaban J connectivity index is 2.95. The minimum Gasteiger partial charge on any atom is -0.496 e. The maximum Gasteiger partial charge on any atom is 0.153 e. The molecule has 0 heterocycles. The van der Waals surface area contributed by atoms with Crippen molar-refractivity contribution in [1.29, 1.82) is 0 Å². The highest BCUT2D eigenvalue weighted by Crippen LogP contribution is 2.18. The molecule has 0 unspecified atom stereocenters. The molecule has 14 heavy (non-hydrogen) atoms. The Labute approximate surface area is 84.3 Å². The lowest BCUT2D eigenvalue weighted by molar-refractivity contribution is 0.112. The summed E-state index contributed by atoms with van der Waals surface area (Å²) < 4.78 is 5.05. The standard InChI is InChI=1S/C11H15NO2/c1-12(2)7-9-4-5-11(14-3)10(6-9)8-13/h4-6,8H,7H2,1-3H3. The van der Waals surface area contributed by atoms with Gasteiger partial charge in [-0.3, -0.25) is 4.79 Å². The molecule has 0 bridgehead atoms. The van der Waals surface area contributed by atoms with E-state index in [1.165, 1.54) is 0 Å². The molecule has 0 fully saturated rings. The average molecular weight is 193 g/mol. The Morgan fingerprint density at radius 3 is 2.64 bits per heavy atom. The maximum absolute atomic E-state index is 10.7. The van der Waals surface area contributed by atoms with Gasteiger partial charge < -0.3 is 9.64 Å². The zero-order chi connectivity index (χ0) is 10.6. The van der Waals surface area contributed by atoms with Crippen LogP contribution in [0.1, 0.15) is 15.9 Å². The lowest BCUT2D eigenvalue weighted by Gasteiger charge is -2.11. The number of methoxy groups -OCH3 is 1. The molecule has 0 aliphatic rings. The topological polar surface area (TPSA) is 29.5 Å². The van der Waals surface area contributed by atoms with E-state index in [1.54, 1.807) is 7.11 Å². The summed E-state index contributed by atoms with van der Waals surface area (Å²) in [4.78, 5) is 12.8. The first-order valence-electron chi connectivity index (χ1n) is 4.44. The number of benzene rings is 1. The molecule has 0 radical (unpaired) electrons. The third kappa shape index (κ3) is 2.57. The summed E-state index contributed by atoms with van der Waals surface area (Å²) in [6.45, 7) is 0.824. The lowest BCUT2D eigenvalue weighted by Crippen LogP contribution is -2.10. The van der Waals surface area contributed by atoms with Gasteiger partial charge in [-0.05, 0) is 31.8 Å². The number of carbonyl (C=O) groups excluding carboxylic acids is 1. The summed E-state index contributed by atoms with van der Waals surface area (Å²) in [6, 6.07) is 5.64. The number of aldehydes is 1. The first-order chi connectivity index (χ1) is 6.67. The quantitative estimate of drug-likeness (QED) is 0.680. The molecule has 0 spiro atoms. The van der Waals surface area contributed by atoms with Gasteiger partial charge in [-0.25, -0.2) is 0 Å². The number of carbonyl (C=O) groups is 1. The normalized spacial score (nSPS) is 10.3. The minimum atomic E-state index is 0.604. The van der Waals surface area contributed by atoms with E-state index in [4.69, 9.17) is 4.74 Å². The summed E-state index contributed by atoms with van der Waals surface area (Å²) in [6.07, 6.45) is 0.817. The van der Waals surface area contributed by atoms with E-state index in [-0.39, 0.29) is 0 Å². The second kappa shape index (κ2) is 4.77. The number of ether oxygens (including phenoxy) is 1. The molecule has 0 aliphatic heterocycles. The van der Waals surface area contributed by atoms with Gasteiger partial charge in [0.1, 0.15) is 5.75 Å². The first-order valence-corrected chi connectivity index (χ1v) is 4.44. The largest absolute Gasteiger partial charge is 0.496 e. The molecular weight excluding hydrogens is 178 g/mol. The van der Waals surface area contributed by atoms with Gasteiger partial charge in [0, 0.05) is 6.54 Å². The van der Waals surface area contributed by atoms with Crippen LogP contribution in [0.5, 0.6) is 5.75 Å². The van der Waals surface area contributed by atoms with Crippen molar-refractivity contribution >= 4 is 6.29 Å². The molecule has 1 rings (SSSR count). The Hall–Kier alpha value is -1.35. The zero-order valence-corrected chi connectivity index (χ0v) is 8.78. The van der Waals surface area contributed by atoms with Crippen molar-refractivity contribution in [3.63, 3.8) is 0 Å². The fourth-order valence-corrected chi connectivity index (χ4v) is 1.34. The van der Waals surface area contributed by atoms with Gasteiger partial charge >= 0.3 is 0 Å². The Morgan fingerprint density at radius 2 is 2.14 bits per heavy atom. The van der Waals surface area contributed by atoms with E-state index < -0.39 is 0 Å². The van der Waals surface area contributed by atoms with Crippen LogP contribution in [0, 0.1) is 0 Å². The van der Waals surface area contributed by atoms with Crippen LogP contribution in [0.2, 0.25) is 0 Å². The van der Waals surface area contributed by atoms with E-state index in [0.29, 0.717) is 11.3 Å². The third-order valence-corrected chi connectivity index (χ3v) is 1.92. The predicted octanol–water partition coefficient (Wildman–Crippen LogP) is 1.57. The predicted molar refractivity (Wildman–Crippen MR) is 55.8 cm³/mol. The fourth-order valence-electron chi connectivity index (χ4n) is 1.34. The molecule has 0 N–H and O–H groups in total. The van der Waals surface area contributed by atoms with Crippen LogP contribution in [0.4, 0.5) is 0 Å². The van der Waals surface area contributed by atoms with Gasteiger partial charge in [0.15, 0.2) is 6.29 Å². The van der Waals surface area contributed by atoms with Crippen molar-refractivity contribution in [1.82, 2.24) is 4.90 Å². The van der Waals surface area contributed by atoms with Crippen LogP contribution < -0.4 is 4.74 Å². The molecule has 0 saturated heterocycles. The van der Waals surface area contributed by atoms with Crippen LogP contribution in [0.15, 0.2) is 18.2 Å². The van der Waals surface area contributed by atoms with E-state index in [0.717, 1.165) is 18.4 Å². The Kier molecular flexibility index (Phi) is 3.65. The molecule has 0 aliphatic carbocycles. The Bertz CT molecular complexity index is 321. The highest BCUT2D eigenvalue weighted by molar-refractivity contribution is 5.79. The molecule has 1 aromatic carbocycles. The molecule has 3 heteroatoms. The van der Waals surface area contributed by atoms with Crippen molar-refractivity contribution in [2.24, 2.45) is 0 Å². The van der Waals surface area contributed by atoms with Gasteiger partial charge in [0.2, 0.25) is 0 Å². The number of rotatable bonds is 4. The first kappa shape index (κ1) is 10.7. The van der Waals surface area contributed by atoms with Crippen molar-refractivity contribution in [3.05, 3.63) is 29.3 Å². The molecular formula is C11H15NO2. The number of hydrogen-bond acceptors (Lipinski definition) is 3. The van der Waals surface area contributed by atoms with Gasteiger partial charge in [-0.15, -0.1) is 0 Å². The van der Waals surface area contributed by atoms with Gasteiger partial charge in [-0.2, -0.15) is 0 Å². The number of nitrogens with zero attached hydrogens (tertiary/aromatic N) is 1. The van der Waals surface area contributed by atoms with E-state index >= 15 is 0 Å². The average Bonchev–Trinajstić information content (AvgIpc) is 2.16. The molecule has 76 valence electrons. The summed E-state index contributed by atoms with van der Waals surface area (Å²) in [7, 11) is 5.55.